The molecule has 0 aromatic carbocycles. The van der Waals surface area contributed by atoms with Gasteiger partial charge in [0.15, 0.2) is 0 Å². The Bertz CT molecular complexity index is 301. The van der Waals surface area contributed by atoms with Gasteiger partial charge in [-0.3, -0.25) is 4.68 Å². The van der Waals surface area contributed by atoms with Gasteiger partial charge < -0.3 is 4.90 Å². The van der Waals surface area contributed by atoms with E-state index in [-0.39, 0.29) is 0 Å². The molecule has 84 valence electrons. The molecule has 0 bridgehead atoms. The number of likely N-dealkylation sites (N-methyl/N-ethyl adjacent to an activating group) is 1. The Morgan fingerprint density at radius 3 is 2.60 bits per heavy atom. The van der Waals surface area contributed by atoms with Crippen LogP contribution in [-0.4, -0.2) is 58.1 Å². The molecule has 0 spiro atoms. The smallest absolute Gasteiger partial charge is 0.0978 e. The zero-order valence-electron chi connectivity index (χ0n) is 9.35. The van der Waals surface area contributed by atoms with Crippen molar-refractivity contribution < 1.29 is 0 Å². The topological polar surface area (TPSA) is 49.2 Å². The van der Waals surface area contributed by atoms with Crippen molar-refractivity contribution in [1.82, 2.24) is 30.3 Å². The van der Waals surface area contributed by atoms with Gasteiger partial charge in [-0.2, -0.15) is 0 Å². The molecule has 1 fully saturated rings. The maximum atomic E-state index is 4.03. The van der Waals surface area contributed by atoms with Gasteiger partial charge >= 0.3 is 0 Å². The van der Waals surface area contributed by atoms with Gasteiger partial charge in [0.05, 0.1) is 12.2 Å². The van der Waals surface area contributed by atoms with Crippen LogP contribution in [0.25, 0.3) is 0 Å². The lowest BCUT2D eigenvalue weighted by atomic mass is 10.4. The Morgan fingerprint density at radius 2 is 2.00 bits per heavy atom. The molecular weight excluding hydrogens is 192 g/mol. The van der Waals surface area contributed by atoms with Crippen LogP contribution in [0.2, 0.25) is 0 Å². The fourth-order valence-corrected chi connectivity index (χ4v) is 1.63. The van der Waals surface area contributed by atoms with Crippen LogP contribution in [0.5, 0.6) is 0 Å². The summed E-state index contributed by atoms with van der Waals surface area (Å²) in [6.07, 6.45) is 1.93. The third kappa shape index (κ3) is 2.98. The number of nitrogens with zero attached hydrogens (tertiary/aromatic N) is 5. The number of hydrogen-bond donors (Lipinski definition) is 1. The van der Waals surface area contributed by atoms with Crippen molar-refractivity contribution >= 4 is 0 Å². The van der Waals surface area contributed by atoms with Crippen LogP contribution in [-0.2, 0) is 13.6 Å². The van der Waals surface area contributed by atoms with Crippen LogP contribution < -0.4 is 5.43 Å². The Labute approximate surface area is 89.8 Å². The van der Waals surface area contributed by atoms with E-state index < -0.39 is 0 Å². The molecule has 6 heteroatoms. The van der Waals surface area contributed by atoms with Crippen molar-refractivity contribution in [3.8, 4) is 0 Å². The number of aromatic nitrogens is 3. The Morgan fingerprint density at radius 1 is 1.27 bits per heavy atom. The summed E-state index contributed by atoms with van der Waals surface area (Å²) < 4.78 is 1.72. The molecular formula is C9H18N6. The van der Waals surface area contributed by atoms with E-state index in [9.17, 15) is 0 Å². The van der Waals surface area contributed by atoms with Crippen molar-refractivity contribution in [3.63, 3.8) is 0 Å². The predicted molar refractivity (Wildman–Crippen MR) is 56.9 cm³/mol. The summed E-state index contributed by atoms with van der Waals surface area (Å²) in [7, 11) is 4.03. The lowest BCUT2D eigenvalue weighted by Crippen LogP contribution is -2.50. The van der Waals surface area contributed by atoms with E-state index in [0.717, 1.165) is 38.4 Å². The van der Waals surface area contributed by atoms with E-state index in [1.807, 2.05) is 13.2 Å². The van der Waals surface area contributed by atoms with Gasteiger partial charge in [-0.05, 0) is 7.05 Å². The number of piperazine rings is 1. The zero-order chi connectivity index (χ0) is 10.7. The van der Waals surface area contributed by atoms with Crippen LogP contribution in [0.4, 0.5) is 0 Å². The summed E-state index contributed by atoms with van der Waals surface area (Å²) in [5, 5.41) is 10.2. The highest BCUT2D eigenvalue weighted by Crippen LogP contribution is 1.97. The van der Waals surface area contributed by atoms with Gasteiger partial charge in [0.2, 0.25) is 0 Å². The maximum absolute atomic E-state index is 4.03. The summed E-state index contributed by atoms with van der Waals surface area (Å²) in [4.78, 5) is 2.33. The lowest BCUT2D eigenvalue weighted by molar-refractivity contribution is 0.101. The molecule has 1 saturated heterocycles. The van der Waals surface area contributed by atoms with Gasteiger partial charge in [0, 0.05) is 39.4 Å². The van der Waals surface area contributed by atoms with Gasteiger partial charge in [-0.25, -0.2) is 10.4 Å². The first-order valence-electron chi connectivity index (χ1n) is 5.26. The van der Waals surface area contributed by atoms with Gasteiger partial charge in [0.1, 0.15) is 0 Å². The third-order valence-electron chi connectivity index (χ3n) is 2.64. The minimum atomic E-state index is 0.761. The van der Waals surface area contributed by atoms with Crippen molar-refractivity contribution in [2.24, 2.45) is 7.05 Å². The molecule has 0 saturated carbocycles. The van der Waals surface area contributed by atoms with E-state index in [2.05, 4.69) is 32.7 Å². The molecule has 15 heavy (non-hydrogen) atoms. The standard InChI is InChI=1S/C9H18N6/c1-13-3-5-15(6-4-13)10-7-9-8-14(2)12-11-9/h8,10H,3-7H2,1-2H3. The molecule has 2 heterocycles. The average Bonchev–Trinajstić information content (AvgIpc) is 2.64. The minimum Gasteiger partial charge on any atom is -0.304 e. The first-order valence-corrected chi connectivity index (χ1v) is 5.26. The Balaban J connectivity index is 1.74. The second kappa shape index (κ2) is 4.69. The predicted octanol–water partition coefficient (Wildman–Crippen LogP) is -0.933. The van der Waals surface area contributed by atoms with Crippen LogP contribution in [0.15, 0.2) is 6.20 Å². The largest absolute Gasteiger partial charge is 0.304 e. The molecule has 6 nitrogen and oxygen atoms in total. The van der Waals surface area contributed by atoms with Crippen LogP contribution in [0, 0.1) is 0 Å². The summed E-state index contributed by atoms with van der Waals surface area (Å²) in [6.45, 7) is 5.13. The number of rotatable bonds is 3. The van der Waals surface area contributed by atoms with E-state index >= 15 is 0 Å². The highest BCUT2D eigenvalue weighted by molar-refractivity contribution is 4.90. The molecule has 2 rings (SSSR count). The lowest BCUT2D eigenvalue weighted by Gasteiger charge is -2.32. The van der Waals surface area contributed by atoms with Gasteiger partial charge in [0.25, 0.3) is 0 Å². The van der Waals surface area contributed by atoms with Crippen LogP contribution >= 0.6 is 0 Å². The molecule has 1 aliphatic rings. The highest BCUT2D eigenvalue weighted by atomic mass is 15.5. The number of nitrogens with one attached hydrogen (secondary N) is 1. The summed E-state index contributed by atoms with van der Waals surface area (Å²) in [6, 6.07) is 0. The Kier molecular flexibility index (Phi) is 3.30. The summed E-state index contributed by atoms with van der Waals surface area (Å²) in [5.41, 5.74) is 4.35. The first kappa shape index (κ1) is 10.5. The monoisotopic (exact) mass is 210 g/mol. The summed E-state index contributed by atoms with van der Waals surface area (Å²) in [5.74, 6) is 0. The molecule has 1 aliphatic heterocycles. The molecule has 0 radical (unpaired) electrons. The quantitative estimate of drug-likeness (QED) is 0.698. The van der Waals surface area contributed by atoms with Crippen LogP contribution in [0.3, 0.4) is 0 Å². The molecule has 1 aromatic rings. The van der Waals surface area contributed by atoms with E-state index in [1.54, 1.807) is 4.68 Å². The number of aryl methyl sites for hydroxylation is 1. The second-order valence-electron chi connectivity index (χ2n) is 4.01. The molecule has 1 aromatic heterocycles. The average molecular weight is 210 g/mol. The van der Waals surface area contributed by atoms with Crippen molar-refractivity contribution in [2.45, 2.75) is 6.54 Å². The fourth-order valence-electron chi connectivity index (χ4n) is 1.63. The van der Waals surface area contributed by atoms with E-state index in [0.29, 0.717) is 0 Å². The minimum absolute atomic E-state index is 0.761. The molecule has 1 N–H and O–H groups in total. The van der Waals surface area contributed by atoms with Crippen molar-refractivity contribution in [2.75, 3.05) is 33.2 Å². The first-order chi connectivity index (χ1) is 7.24. The van der Waals surface area contributed by atoms with Gasteiger partial charge in [-0.15, -0.1) is 5.10 Å². The maximum Gasteiger partial charge on any atom is 0.0978 e. The van der Waals surface area contributed by atoms with E-state index in [4.69, 9.17) is 0 Å². The zero-order valence-corrected chi connectivity index (χ0v) is 9.35. The van der Waals surface area contributed by atoms with E-state index in [1.165, 1.54) is 0 Å². The molecule has 0 unspecified atom stereocenters. The van der Waals surface area contributed by atoms with Crippen LogP contribution in [0.1, 0.15) is 5.69 Å². The summed E-state index contributed by atoms with van der Waals surface area (Å²) >= 11 is 0. The normalized spacial score (nSPS) is 19.6. The van der Waals surface area contributed by atoms with Gasteiger partial charge in [-0.1, -0.05) is 5.21 Å². The molecule has 0 atom stereocenters. The molecule has 0 amide bonds. The third-order valence-corrected chi connectivity index (χ3v) is 2.64. The number of hydrazine groups is 1. The Hall–Kier alpha value is -0.980. The number of hydrogen-bond acceptors (Lipinski definition) is 5. The molecule has 0 aliphatic carbocycles. The van der Waals surface area contributed by atoms with Crippen molar-refractivity contribution in [1.29, 1.82) is 0 Å². The SMILES string of the molecule is CN1CCN(NCc2cn(C)nn2)CC1. The second-order valence-corrected chi connectivity index (χ2v) is 4.01. The van der Waals surface area contributed by atoms with Crippen molar-refractivity contribution in [3.05, 3.63) is 11.9 Å². The fraction of sp³-hybridized carbons (Fsp3) is 0.778. The highest BCUT2D eigenvalue weighted by Gasteiger charge is 2.13.